The van der Waals surface area contributed by atoms with E-state index in [4.69, 9.17) is 11.6 Å². The van der Waals surface area contributed by atoms with Crippen LogP contribution in [0.2, 0.25) is 5.02 Å². The summed E-state index contributed by atoms with van der Waals surface area (Å²) in [7, 11) is 0. The molecule has 0 aliphatic rings. The van der Waals surface area contributed by atoms with Crippen LogP contribution in [0.4, 0.5) is 0 Å². The number of benzene rings is 1. The zero-order valence-electron chi connectivity index (χ0n) is 12.2. The molecule has 0 saturated heterocycles. The van der Waals surface area contributed by atoms with Crippen molar-refractivity contribution < 1.29 is 5.11 Å². The molecule has 1 aromatic carbocycles. The minimum absolute atomic E-state index is 0.187. The van der Waals surface area contributed by atoms with Gasteiger partial charge in [0.05, 0.1) is 23.0 Å². The Balaban J connectivity index is 2.07. The number of halogens is 1. The van der Waals surface area contributed by atoms with Crippen LogP contribution in [0.15, 0.2) is 30.5 Å². The number of aliphatic hydroxyl groups is 1. The predicted octanol–water partition coefficient (Wildman–Crippen LogP) is 4.09. The van der Waals surface area contributed by atoms with Gasteiger partial charge in [0.2, 0.25) is 0 Å². The smallest absolute Gasteiger partial charge is 0.0975 e. The third-order valence-electron chi connectivity index (χ3n) is 3.42. The molecule has 1 unspecified atom stereocenters. The van der Waals surface area contributed by atoms with E-state index >= 15 is 0 Å². The minimum atomic E-state index is -0.589. The number of hydrogen-bond donors (Lipinski definition) is 1. The van der Waals surface area contributed by atoms with Crippen molar-refractivity contribution >= 4 is 11.6 Å². The second-order valence-electron chi connectivity index (χ2n) is 5.46. The average molecular weight is 293 g/mol. The number of aryl methyl sites for hydroxylation is 2. The lowest BCUT2D eigenvalue weighted by atomic mass is 10.0. The summed E-state index contributed by atoms with van der Waals surface area (Å²) < 4.78 is 1.79. The minimum Gasteiger partial charge on any atom is -0.387 e. The highest BCUT2D eigenvalue weighted by molar-refractivity contribution is 6.31. The Labute approximate surface area is 125 Å². The van der Waals surface area contributed by atoms with Crippen molar-refractivity contribution in [2.24, 2.45) is 0 Å². The molecule has 0 bridgehead atoms. The molecular weight excluding hydrogens is 272 g/mol. The topological polar surface area (TPSA) is 38.1 Å². The summed E-state index contributed by atoms with van der Waals surface area (Å²) in [5.41, 5.74) is 3.19. The van der Waals surface area contributed by atoms with Gasteiger partial charge in [-0.2, -0.15) is 5.10 Å². The highest BCUT2D eigenvalue weighted by atomic mass is 35.5. The Kier molecular flexibility index (Phi) is 4.84. The molecule has 0 aliphatic heterocycles. The molecule has 1 aromatic heterocycles. The molecule has 0 saturated carbocycles. The SMILES string of the molecule is Cc1ccc(CCC(O)c2c(Cl)cnn2C(C)C)cc1. The quantitative estimate of drug-likeness (QED) is 0.901. The lowest BCUT2D eigenvalue weighted by Crippen LogP contribution is -2.12. The van der Waals surface area contributed by atoms with Gasteiger partial charge in [0, 0.05) is 6.04 Å². The normalized spacial score (nSPS) is 12.9. The van der Waals surface area contributed by atoms with Crippen LogP contribution in [0.3, 0.4) is 0 Å². The highest BCUT2D eigenvalue weighted by Gasteiger charge is 2.19. The van der Waals surface area contributed by atoms with Gasteiger partial charge in [-0.1, -0.05) is 41.4 Å². The lowest BCUT2D eigenvalue weighted by Gasteiger charge is -2.16. The van der Waals surface area contributed by atoms with Gasteiger partial charge >= 0.3 is 0 Å². The lowest BCUT2D eigenvalue weighted by molar-refractivity contribution is 0.154. The van der Waals surface area contributed by atoms with Crippen LogP contribution in [0.5, 0.6) is 0 Å². The summed E-state index contributed by atoms with van der Waals surface area (Å²) in [6.45, 7) is 6.12. The second kappa shape index (κ2) is 6.42. The van der Waals surface area contributed by atoms with Crippen molar-refractivity contribution in [3.8, 4) is 0 Å². The van der Waals surface area contributed by atoms with E-state index in [2.05, 4.69) is 36.3 Å². The van der Waals surface area contributed by atoms with Crippen molar-refractivity contribution in [3.05, 3.63) is 52.3 Å². The average Bonchev–Trinajstić information content (AvgIpc) is 2.80. The fraction of sp³-hybridized carbons (Fsp3) is 0.438. The van der Waals surface area contributed by atoms with Gasteiger partial charge in [0.25, 0.3) is 0 Å². The third-order valence-corrected chi connectivity index (χ3v) is 3.71. The molecule has 1 N–H and O–H groups in total. The second-order valence-corrected chi connectivity index (χ2v) is 5.86. The highest BCUT2D eigenvalue weighted by Crippen LogP contribution is 2.28. The number of aliphatic hydroxyl groups excluding tert-OH is 1. The Hall–Kier alpha value is -1.32. The summed E-state index contributed by atoms with van der Waals surface area (Å²) in [4.78, 5) is 0. The van der Waals surface area contributed by atoms with E-state index in [1.54, 1.807) is 10.9 Å². The van der Waals surface area contributed by atoms with Gasteiger partial charge < -0.3 is 5.11 Å². The van der Waals surface area contributed by atoms with Gasteiger partial charge in [-0.05, 0) is 39.2 Å². The van der Waals surface area contributed by atoms with Crippen LogP contribution in [0.25, 0.3) is 0 Å². The number of aromatic nitrogens is 2. The summed E-state index contributed by atoms with van der Waals surface area (Å²) in [6.07, 6.45) is 2.47. The van der Waals surface area contributed by atoms with E-state index in [1.165, 1.54) is 11.1 Å². The van der Waals surface area contributed by atoms with Crippen molar-refractivity contribution in [1.82, 2.24) is 9.78 Å². The van der Waals surface area contributed by atoms with Gasteiger partial charge in [0.1, 0.15) is 0 Å². The van der Waals surface area contributed by atoms with Gasteiger partial charge in [-0.25, -0.2) is 0 Å². The van der Waals surface area contributed by atoms with Gasteiger partial charge in [-0.3, -0.25) is 4.68 Å². The third kappa shape index (κ3) is 3.41. The summed E-state index contributed by atoms with van der Waals surface area (Å²) in [5, 5.41) is 15.2. The first-order valence-electron chi connectivity index (χ1n) is 6.95. The van der Waals surface area contributed by atoms with Crippen LogP contribution < -0.4 is 0 Å². The largest absolute Gasteiger partial charge is 0.387 e. The predicted molar refractivity (Wildman–Crippen MR) is 82.1 cm³/mol. The van der Waals surface area contributed by atoms with E-state index in [0.29, 0.717) is 17.1 Å². The standard InChI is InChI=1S/C16H21ClN2O/c1-11(2)19-16(14(17)10-18-19)15(20)9-8-13-6-4-12(3)5-7-13/h4-7,10-11,15,20H,8-9H2,1-3H3. The number of hydrogen-bond acceptors (Lipinski definition) is 2. The molecule has 3 nitrogen and oxygen atoms in total. The molecule has 1 heterocycles. The zero-order chi connectivity index (χ0) is 14.7. The van der Waals surface area contributed by atoms with Crippen molar-refractivity contribution in [1.29, 1.82) is 0 Å². The number of rotatable bonds is 5. The molecular formula is C16H21ClN2O. The first kappa shape index (κ1) is 15.1. The maximum atomic E-state index is 10.4. The van der Waals surface area contributed by atoms with Gasteiger partial charge in [-0.15, -0.1) is 0 Å². The molecule has 4 heteroatoms. The van der Waals surface area contributed by atoms with Crippen LogP contribution in [0, 0.1) is 6.92 Å². The number of nitrogens with zero attached hydrogens (tertiary/aromatic N) is 2. The molecule has 108 valence electrons. The fourth-order valence-electron chi connectivity index (χ4n) is 2.27. The molecule has 2 rings (SSSR count). The molecule has 0 fully saturated rings. The molecule has 0 spiro atoms. The van der Waals surface area contributed by atoms with Gasteiger partial charge in [0.15, 0.2) is 0 Å². The molecule has 2 aromatic rings. The zero-order valence-corrected chi connectivity index (χ0v) is 12.9. The van der Waals surface area contributed by atoms with Crippen molar-refractivity contribution in [2.45, 2.75) is 45.8 Å². The van der Waals surface area contributed by atoms with E-state index in [1.807, 2.05) is 13.8 Å². The van der Waals surface area contributed by atoms with Crippen LogP contribution in [0.1, 0.15) is 49.2 Å². The molecule has 0 amide bonds. The first-order chi connectivity index (χ1) is 9.49. The van der Waals surface area contributed by atoms with E-state index in [9.17, 15) is 5.11 Å². The van der Waals surface area contributed by atoms with Crippen molar-refractivity contribution in [3.63, 3.8) is 0 Å². The van der Waals surface area contributed by atoms with E-state index < -0.39 is 6.10 Å². The fourth-order valence-corrected chi connectivity index (χ4v) is 2.53. The molecule has 1 atom stereocenters. The summed E-state index contributed by atoms with van der Waals surface area (Å²) >= 11 is 6.14. The maximum absolute atomic E-state index is 10.4. The Morgan fingerprint density at radius 1 is 1.25 bits per heavy atom. The monoisotopic (exact) mass is 292 g/mol. The van der Waals surface area contributed by atoms with Crippen molar-refractivity contribution in [2.75, 3.05) is 0 Å². The summed E-state index contributed by atoms with van der Waals surface area (Å²) in [5.74, 6) is 0. The Bertz CT molecular complexity index is 560. The molecule has 20 heavy (non-hydrogen) atoms. The Morgan fingerprint density at radius 3 is 2.50 bits per heavy atom. The van der Waals surface area contributed by atoms with Crippen LogP contribution >= 0.6 is 11.6 Å². The summed E-state index contributed by atoms with van der Waals surface area (Å²) in [6, 6.07) is 8.57. The molecule has 0 radical (unpaired) electrons. The molecule has 0 aliphatic carbocycles. The van der Waals surface area contributed by atoms with Crippen LogP contribution in [-0.2, 0) is 6.42 Å². The first-order valence-corrected chi connectivity index (χ1v) is 7.33. The van der Waals surface area contributed by atoms with Crippen LogP contribution in [-0.4, -0.2) is 14.9 Å². The van der Waals surface area contributed by atoms with E-state index in [-0.39, 0.29) is 6.04 Å². The Morgan fingerprint density at radius 2 is 1.90 bits per heavy atom. The van der Waals surface area contributed by atoms with E-state index in [0.717, 1.165) is 6.42 Å². The maximum Gasteiger partial charge on any atom is 0.0975 e.